The Balaban J connectivity index is 0.000000531. The predicted octanol–water partition coefficient (Wildman–Crippen LogP) is 1.09. The highest BCUT2D eigenvalue weighted by atomic mass is 16.2. The number of nitrogens with zero attached hydrogens (tertiary/aromatic N) is 3. The molecule has 0 bridgehead atoms. The first-order valence-electron chi connectivity index (χ1n) is 4.93. The number of amides is 2. The van der Waals surface area contributed by atoms with Crippen molar-refractivity contribution in [1.29, 1.82) is 0 Å². The van der Waals surface area contributed by atoms with Gasteiger partial charge >= 0.3 is 6.03 Å². The minimum atomic E-state index is -0.0808. The van der Waals surface area contributed by atoms with Crippen molar-refractivity contribution in [2.24, 2.45) is 4.99 Å². The van der Waals surface area contributed by atoms with E-state index in [9.17, 15) is 4.79 Å². The van der Waals surface area contributed by atoms with Crippen molar-refractivity contribution in [3.8, 4) is 11.8 Å². The first kappa shape index (κ1) is 11.2. The molecular weight excluding hydrogens is 190 g/mol. The lowest BCUT2D eigenvalue weighted by Gasteiger charge is -2.08. The van der Waals surface area contributed by atoms with E-state index in [0.717, 1.165) is 0 Å². The SMILES string of the molecule is CC.O=C(N1C=CC#CC1)[N+]1=CC=NC1. The second-order valence-electron chi connectivity index (χ2n) is 2.64. The summed E-state index contributed by atoms with van der Waals surface area (Å²) in [5.41, 5.74) is 0. The zero-order valence-electron chi connectivity index (χ0n) is 8.97. The Morgan fingerprint density at radius 1 is 1.53 bits per heavy atom. The average Bonchev–Trinajstić information content (AvgIpc) is 2.85. The molecule has 0 radical (unpaired) electrons. The second kappa shape index (κ2) is 5.76. The summed E-state index contributed by atoms with van der Waals surface area (Å²) in [5.74, 6) is 5.60. The molecule has 4 heteroatoms. The van der Waals surface area contributed by atoms with Gasteiger partial charge in [-0.15, -0.1) is 0 Å². The Morgan fingerprint density at radius 2 is 2.33 bits per heavy atom. The molecule has 78 valence electrons. The fraction of sp³-hybridized carbons (Fsp3) is 0.364. The van der Waals surface area contributed by atoms with Gasteiger partial charge in [-0.3, -0.25) is 0 Å². The van der Waals surface area contributed by atoms with Crippen LogP contribution in [0.5, 0.6) is 0 Å². The molecule has 0 N–H and O–H groups in total. The van der Waals surface area contributed by atoms with Gasteiger partial charge in [0.25, 0.3) is 0 Å². The minimum Gasteiger partial charge on any atom is -0.246 e. The Labute approximate surface area is 89.6 Å². The van der Waals surface area contributed by atoms with E-state index in [1.54, 1.807) is 29.6 Å². The van der Waals surface area contributed by atoms with Crippen molar-refractivity contribution >= 4 is 18.5 Å². The third-order valence-corrected chi connectivity index (χ3v) is 1.77. The Hall–Kier alpha value is -1.89. The molecule has 0 saturated carbocycles. The Kier molecular flexibility index (Phi) is 4.30. The predicted molar refractivity (Wildman–Crippen MR) is 60.0 cm³/mol. The van der Waals surface area contributed by atoms with Crippen LogP contribution in [0.3, 0.4) is 0 Å². The van der Waals surface area contributed by atoms with Crippen molar-refractivity contribution < 1.29 is 9.37 Å². The number of aliphatic imine (C=N–C) groups is 1. The van der Waals surface area contributed by atoms with Gasteiger partial charge in [0, 0.05) is 6.08 Å². The molecule has 2 aliphatic rings. The van der Waals surface area contributed by atoms with E-state index >= 15 is 0 Å². The number of hydrogen-bond acceptors (Lipinski definition) is 2. The first-order valence-corrected chi connectivity index (χ1v) is 4.93. The van der Waals surface area contributed by atoms with Crippen LogP contribution in [0.4, 0.5) is 4.79 Å². The molecule has 0 saturated heterocycles. The van der Waals surface area contributed by atoms with Crippen LogP contribution in [0.25, 0.3) is 0 Å². The summed E-state index contributed by atoms with van der Waals surface area (Å²) in [6.07, 6.45) is 6.64. The van der Waals surface area contributed by atoms with E-state index in [1.807, 2.05) is 13.8 Å². The summed E-state index contributed by atoms with van der Waals surface area (Å²) in [6, 6.07) is -0.0808. The van der Waals surface area contributed by atoms with Crippen LogP contribution in [-0.2, 0) is 0 Å². The fourth-order valence-corrected chi connectivity index (χ4v) is 1.10. The zero-order valence-corrected chi connectivity index (χ0v) is 8.97. The van der Waals surface area contributed by atoms with Crippen molar-refractivity contribution in [2.45, 2.75) is 13.8 Å². The third kappa shape index (κ3) is 2.78. The number of carbonyl (C=O) groups is 1. The fourth-order valence-electron chi connectivity index (χ4n) is 1.10. The molecule has 0 aromatic rings. The van der Waals surface area contributed by atoms with E-state index in [0.29, 0.717) is 13.2 Å². The normalized spacial score (nSPS) is 16.1. The summed E-state index contributed by atoms with van der Waals surface area (Å²) < 4.78 is 1.54. The van der Waals surface area contributed by atoms with Crippen LogP contribution >= 0.6 is 0 Å². The van der Waals surface area contributed by atoms with E-state index in [4.69, 9.17) is 0 Å². The van der Waals surface area contributed by atoms with Gasteiger partial charge in [0.05, 0.1) is 6.21 Å². The van der Waals surface area contributed by atoms with Crippen LogP contribution in [0.2, 0.25) is 0 Å². The molecule has 2 aliphatic heterocycles. The van der Waals surface area contributed by atoms with Crippen molar-refractivity contribution in [3.05, 3.63) is 12.3 Å². The number of allylic oxidation sites excluding steroid dienone is 1. The maximum Gasteiger partial charge on any atom is 0.500 e. The quantitative estimate of drug-likeness (QED) is 0.430. The van der Waals surface area contributed by atoms with Crippen molar-refractivity contribution in [2.75, 3.05) is 13.2 Å². The van der Waals surface area contributed by atoms with Crippen LogP contribution in [0.15, 0.2) is 17.3 Å². The molecule has 0 unspecified atom stereocenters. The molecule has 4 nitrogen and oxygen atoms in total. The summed E-state index contributed by atoms with van der Waals surface area (Å²) >= 11 is 0. The molecule has 0 fully saturated rings. The molecule has 2 heterocycles. The Bertz CT molecular complexity index is 382. The van der Waals surface area contributed by atoms with Crippen molar-refractivity contribution in [1.82, 2.24) is 4.90 Å². The maximum absolute atomic E-state index is 11.6. The van der Waals surface area contributed by atoms with Gasteiger partial charge in [0.2, 0.25) is 0 Å². The smallest absolute Gasteiger partial charge is 0.246 e. The van der Waals surface area contributed by atoms with Gasteiger partial charge in [-0.05, 0) is 0 Å². The van der Waals surface area contributed by atoms with E-state index < -0.39 is 0 Å². The molecule has 0 atom stereocenters. The highest BCUT2D eigenvalue weighted by Crippen LogP contribution is 1.98. The van der Waals surface area contributed by atoms with E-state index in [2.05, 4.69) is 16.8 Å². The molecule has 0 aliphatic carbocycles. The molecule has 15 heavy (non-hydrogen) atoms. The van der Waals surface area contributed by atoms with Gasteiger partial charge in [-0.25, -0.2) is 4.99 Å². The lowest BCUT2D eigenvalue weighted by atomic mass is 10.4. The number of rotatable bonds is 0. The summed E-state index contributed by atoms with van der Waals surface area (Å²) in [7, 11) is 0. The van der Waals surface area contributed by atoms with Crippen molar-refractivity contribution in [3.63, 3.8) is 0 Å². The number of carbonyl (C=O) groups excluding carboxylic acids is 1. The molecule has 0 spiro atoms. The standard InChI is InChI=1S/C9H8N3O.C2H6/c13-9(12-7-4-10-8-12)11-5-2-1-3-6-11;1-2/h2,4-5,7H,6,8H2;1-2H3/q+1;. The zero-order chi connectivity index (χ0) is 11.1. The van der Waals surface area contributed by atoms with Crippen LogP contribution < -0.4 is 0 Å². The highest BCUT2D eigenvalue weighted by molar-refractivity contribution is 6.15. The topological polar surface area (TPSA) is 35.7 Å². The Morgan fingerprint density at radius 3 is 2.87 bits per heavy atom. The van der Waals surface area contributed by atoms with Crippen LogP contribution in [0, 0.1) is 11.8 Å². The lowest BCUT2D eigenvalue weighted by Crippen LogP contribution is -2.34. The largest absolute Gasteiger partial charge is 0.500 e. The molecular formula is C11H14N3O+. The summed E-state index contributed by atoms with van der Waals surface area (Å²) in [5, 5.41) is 0. The van der Waals surface area contributed by atoms with Crippen LogP contribution in [-0.4, -0.2) is 41.1 Å². The third-order valence-electron chi connectivity index (χ3n) is 1.77. The number of urea groups is 1. The van der Waals surface area contributed by atoms with E-state index in [1.165, 1.54) is 4.58 Å². The second-order valence-corrected chi connectivity index (χ2v) is 2.64. The molecule has 2 rings (SSSR count). The molecule has 2 amide bonds. The van der Waals surface area contributed by atoms with Gasteiger partial charge in [0.15, 0.2) is 13.2 Å². The maximum atomic E-state index is 11.6. The number of hydrogen-bond donors (Lipinski definition) is 0. The average molecular weight is 204 g/mol. The highest BCUT2D eigenvalue weighted by Gasteiger charge is 2.24. The summed E-state index contributed by atoms with van der Waals surface area (Å²) in [6.45, 7) is 4.87. The molecule has 0 aromatic heterocycles. The monoisotopic (exact) mass is 204 g/mol. The van der Waals surface area contributed by atoms with Gasteiger partial charge in [0.1, 0.15) is 12.4 Å². The van der Waals surface area contributed by atoms with Gasteiger partial charge < -0.3 is 0 Å². The first-order chi connectivity index (χ1) is 7.38. The summed E-state index contributed by atoms with van der Waals surface area (Å²) in [4.78, 5) is 17.1. The van der Waals surface area contributed by atoms with Crippen LogP contribution in [0.1, 0.15) is 13.8 Å². The van der Waals surface area contributed by atoms with Gasteiger partial charge in [-0.2, -0.15) is 14.3 Å². The minimum absolute atomic E-state index is 0.0808. The molecule has 0 aromatic carbocycles. The van der Waals surface area contributed by atoms with E-state index in [-0.39, 0.29) is 6.03 Å². The lowest BCUT2D eigenvalue weighted by molar-refractivity contribution is -0.423. The van der Waals surface area contributed by atoms with Gasteiger partial charge in [-0.1, -0.05) is 25.7 Å².